The number of methoxy groups -OCH3 is 1. The summed E-state index contributed by atoms with van der Waals surface area (Å²) in [7, 11) is 4.52. The molecule has 1 heterocycles. The van der Waals surface area contributed by atoms with Gasteiger partial charge in [-0.1, -0.05) is 12.1 Å². The fraction of sp³-hybridized carbons (Fsp3) is 0.263. The van der Waals surface area contributed by atoms with E-state index in [9.17, 15) is 19.7 Å². The van der Waals surface area contributed by atoms with Gasteiger partial charge in [0.05, 0.1) is 24.3 Å². The van der Waals surface area contributed by atoms with Gasteiger partial charge in [-0.2, -0.15) is 0 Å². The lowest BCUT2D eigenvalue weighted by Gasteiger charge is -2.35. The first kappa shape index (κ1) is 19.2. The molecule has 0 aromatic heterocycles. The monoisotopic (exact) mass is 385 g/mol. The molecular weight excluding hydrogens is 366 g/mol. The molecule has 0 saturated heterocycles. The van der Waals surface area contributed by atoms with E-state index in [2.05, 4.69) is 0 Å². The van der Waals surface area contributed by atoms with Crippen molar-refractivity contribution < 1.29 is 24.0 Å². The Balaban J connectivity index is 2.01. The van der Waals surface area contributed by atoms with Crippen LogP contribution >= 0.6 is 0 Å². The lowest BCUT2D eigenvalue weighted by Crippen LogP contribution is -2.50. The van der Waals surface area contributed by atoms with E-state index in [0.717, 1.165) is 0 Å². The molecule has 146 valence electrons. The van der Waals surface area contributed by atoms with Gasteiger partial charge >= 0.3 is 5.69 Å². The number of ether oxygens (including phenoxy) is 2. The van der Waals surface area contributed by atoms with Crippen LogP contribution in [0.4, 0.5) is 11.4 Å². The number of nitro benzene ring substituents is 1. The Labute approximate surface area is 161 Å². The molecule has 0 spiro atoms. The highest BCUT2D eigenvalue weighted by Gasteiger charge is 2.35. The molecule has 0 saturated carbocycles. The Kier molecular flexibility index (Phi) is 5.16. The maximum Gasteiger partial charge on any atom is 0.311 e. The van der Waals surface area contributed by atoms with Crippen LogP contribution in [0.15, 0.2) is 42.5 Å². The predicted octanol–water partition coefficient (Wildman–Crippen LogP) is 2.10. The lowest BCUT2D eigenvalue weighted by atomic mass is 10.1. The molecule has 1 unspecified atom stereocenters. The number of carbonyl (C=O) groups excluding carboxylic acids is 2. The highest BCUT2D eigenvalue weighted by Crippen LogP contribution is 2.35. The number of fused-ring (bicyclic) bond motifs is 1. The summed E-state index contributed by atoms with van der Waals surface area (Å²) >= 11 is 0. The number of anilines is 1. The molecule has 2 amide bonds. The number of likely N-dealkylation sites (N-methyl/N-ethyl adjacent to an activating group) is 1. The molecular formula is C19H19N3O6. The number of carbonyl (C=O) groups is 2. The number of hydrogen-bond donors (Lipinski definition) is 0. The number of nitrogens with zero attached hydrogens (tertiary/aromatic N) is 3. The topological polar surface area (TPSA) is 102 Å². The molecule has 2 aromatic carbocycles. The SMILES string of the molecule is COc1ccc(C(=O)N2CC(C(=O)N(C)C)Oc3ccccc32)cc1[N+](=O)[O-]. The average Bonchev–Trinajstić information content (AvgIpc) is 2.71. The number of hydrogen-bond acceptors (Lipinski definition) is 6. The van der Waals surface area contributed by atoms with Crippen molar-refractivity contribution >= 4 is 23.2 Å². The second-order valence-electron chi connectivity index (χ2n) is 6.37. The third-order valence-electron chi connectivity index (χ3n) is 4.36. The number of rotatable bonds is 4. The summed E-state index contributed by atoms with van der Waals surface area (Å²) in [5.41, 5.74) is 0.296. The zero-order valence-corrected chi connectivity index (χ0v) is 15.6. The number of amides is 2. The predicted molar refractivity (Wildman–Crippen MR) is 101 cm³/mol. The summed E-state index contributed by atoms with van der Waals surface area (Å²) in [6.07, 6.45) is -0.873. The first-order valence-electron chi connectivity index (χ1n) is 8.44. The maximum atomic E-state index is 13.2. The minimum Gasteiger partial charge on any atom is -0.490 e. The molecule has 0 fully saturated rings. The van der Waals surface area contributed by atoms with Crippen molar-refractivity contribution in [1.29, 1.82) is 0 Å². The van der Waals surface area contributed by atoms with Gasteiger partial charge in [-0.15, -0.1) is 0 Å². The van der Waals surface area contributed by atoms with E-state index in [0.29, 0.717) is 11.4 Å². The van der Waals surface area contributed by atoms with Crippen LogP contribution in [0.5, 0.6) is 11.5 Å². The van der Waals surface area contributed by atoms with E-state index in [-0.39, 0.29) is 29.5 Å². The minimum absolute atomic E-state index is 0.00726. The van der Waals surface area contributed by atoms with Gasteiger partial charge in [-0.25, -0.2) is 0 Å². The molecule has 1 aliphatic rings. The van der Waals surface area contributed by atoms with Crippen LogP contribution in [-0.2, 0) is 4.79 Å². The van der Waals surface area contributed by atoms with Crippen molar-refractivity contribution in [3.05, 3.63) is 58.1 Å². The van der Waals surface area contributed by atoms with Gasteiger partial charge in [0.1, 0.15) is 5.75 Å². The van der Waals surface area contributed by atoms with Crippen LogP contribution < -0.4 is 14.4 Å². The van der Waals surface area contributed by atoms with E-state index in [4.69, 9.17) is 9.47 Å². The molecule has 0 radical (unpaired) electrons. The van der Waals surface area contributed by atoms with Crippen molar-refractivity contribution in [2.24, 2.45) is 0 Å². The van der Waals surface area contributed by atoms with Gasteiger partial charge in [-0.05, 0) is 24.3 Å². The van der Waals surface area contributed by atoms with Crippen molar-refractivity contribution in [3.63, 3.8) is 0 Å². The summed E-state index contributed by atoms with van der Waals surface area (Å²) < 4.78 is 10.7. The Morgan fingerprint density at radius 1 is 1.25 bits per heavy atom. The van der Waals surface area contributed by atoms with Crippen LogP contribution in [0, 0.1) is 10.1 Å². The highest BCUT2D eigenvalue weighted by molar-refractivity contribution is 6.08. The Bertz CT molecular complexity index is 943. The van der Waals surface area contributed by atoms with Gasteiger partial charge in [-0.3, -0.25) is 19.7 Å². The van der Waals surface area contributed by atoms with Crippen LogP contribution in [0.25, 0.3) is 0 Å². The Hall–Kier alpha value is -3.62. The Morgan fingerprint density at radius 3 is 2.61 bits per heavy atom. The summed E-state index contributed by atoms with van der Waals surface area (Å²) in [6, 6.07) is 10.8. The van der Waals surface area contributed by atoms with Gasteiger partial charge in [0.15, 0.2) is 11.9 Å². The molecule has 9 heteroatoms. The van der Waals surface area contributed by atoms with Gasteiger partial charge < -0.3 is 19.3 Å². The van der Waals surface area contributed by atoms with Crippen molar-refractivity contribution in [1.82, 2.24) is 4.90 Å². The second-order valence-corrected chi connectivity index (χ2v) is 6.37. The molecule has 0 aliphatic carbocycles. The first-order valence-corrected chi connectivity index (χ1v) is 8.44. The van der Waals surface area contributed by atoms with E-state index in [1.54, 1.807) is 38.4 Å². The largest absolute Gasteiger partial charge is 0.490 e. The molecule has 2 aromatic rings. The first-order chi connectivity index (χ1) is 13.3. The van der Waals surface area contributed by atoms with Gasteiger partial charge in [0.25, 0.3) is 11.8 Å². The smallest absolute Gasteiger partial charge is 0.311 e. The van der Waals surface area contributed by atoms with Crippen molar-refractivity contribution in [2.75, 3.05) is 32.6 Å². The van der Waals surface area contributed by atoms with E-state index in [1.807, 2.05) is 0 Å². The number of para-hydroxylation sites is 2. The molecule has 3 rings (SSSR count). The van der Waals surface area contributed by atoms with Crippen molar-refractivity contribution in [3.8, 4) is 11.5 Å². The fourth-order valence-electron chi connectivity index (χ4n) is 2.96. The highest BCUT2D eigenvalue weighted by atomic mass is 16.6. The van der Waals surface area contributed by atoms with Crippen LogP contribution in [0.1, 0.15) is 10.4 Å². The maximum absolute atomic E-state index is 13.2. The molecule has 1 aliphatic heterocycles. The number of benzene rings is 2. The van der Waals surface area contributed by atoms with Crippen molar-refractivity contribution in [2.45, 2.75) is 6.10 Å². The molecule has 9 nitrogen and oxygen atoms in total. The third-order valence-corrected chi connectivity index (χ3v) is 4.36. The van der Waals surface area contributed by atoms with Gasteiger partial charge in [0, 0.05) is 25.7 Å². The fourth-order valence-corrected chi connectivity index (χ4v) is 2.96. The van der Waals surface area contributed by atoms with E-state index >= 15 is 0 Å². The number of nitro groups is 1. The zero-order valence-electron chi connectivity index (χ0n) is 15.6. The second kappa shape index (κ2) is 7.55. The quantitative estimate of drug-likeness (QED) is 0.590. The standard InChI is InChI=1S/C19H19N3O6/c1-20(2)19(24)17-11-21(13-6-4-5-7-16(13)28-17)18(23)12-8-9-15(27-3)14(10-12)22(25)26/h4-10,17H,11H2,1-3H3. The summed E-state index contributed by atoms with van der Waals surface area (Å²) in [5, 5.41) is 11.3. The summed E-state index contributed by atoms with van der Waals surface area (Å²) in [6.45, 7) is -0.00726. The molecule has 0 bridgehead atoms. The van der Waals surface area contributed by atoms with E-state index < -0.39 is 16.9 Å². The summed E-state index contributed by atoms with van der Waals surface area (Å²) in [4.78, 5) is 39.0. The average molecular weight is 385 g/mol. The Morgan fingerprint density at radius 2 is 1.96 bits per heavy atom. The van der Waals surface area contributed by atoms with Crippen LogP contribution in [-0.4, -0.2) is 55.5 Å². The molecule has 1 atom stereocenters. The van der Waals surface area contributed by atoms with Crippen LogP contribution in [0.3, 0.4) is 0 Å². The third kappa shape index (κ3) is 3.46. The van der Waals surface area contributed by atoms with Crippen LogP contribution in [0.2, 0.25) is 0 Å². The molecule has 0 N–H and O–H groups in total. The summed E-state index contributed by atoms with van der Waals surface area (Å²) in [5.74, 6) is -0.305. The van der Waals surface area contributed by atoms with Gasteiger partial charge in [0.2, 0.25) is 0 Å². The zero-order chi connectivity index (χ0) is 20.4. The lowest BCUT2D eigenvalue weighted by molar-refractivity contribution is -0.385. The van der Waals surface area contributed by atoms with E-state index in [1.165, 1.54) is 35.1 Å². The minimum atomic E-state index is -0.873. The normalized spacial score (nSPS) is 15.2. The molecule has 28 heavy (non-hydrogen) atoms.